The molecule has 5 rings (SSSR count). The minimum Gasteiger partial charge on any atom is -0.354 e. The number of piperidine rings is 1. The highest BCUT2D eigenvalue weighted by Crippen LogP contribution is 2.30. The topological polar surface area (TPSA) is 78.4 Å². The molecule has 36 heavy (non-hydrogen) atoms. The maximum atomic E-state index is 12.9. The molecule has 2 aliphatic heterocycles. The number of amides is 2. The summed E-state index contributed by atoms with van der Waals surface area (Å²) < 4.78 is 0. The summed E-state index contributed by atoms with van der Waals surface area (Å²) in [6.45, 7) is 7.10. The Hall–Kier alpha value is -3.74. The Bertz CT molecular complexity index is 1220. The molecule has 2 aromatic carbocycles. The lowest BCUT2D eigenvalue weighted by Gasteiger charge is -2.32. The highest BCUT2D eigenvalue weighted by atomic mass is 16.2. The smallest absolute Gasteiger partial charge is 0.253 e. The number of aromatic nitrogens is 2. The van der Waals surface area contributed by atoms with Gasteiger partial charge in [0.25, 0.3) is 5.91 Å². The Morgan fingerprint density at radius 1 is 0.917 bits per heavy atom. The van der Waals surface area contributed by atoms with Crippen LogP contribution in [0.15, 0.2) is 60.8 Å². The highest BCUT2D eigenvalue weighted by molar-refractivity contribution is 5.94. The molecule has 2 amide bonds. The SMILES string of the molecule is Cc1ccc(C(=O)N2CCC(c3ccc(NC(=O)C4CCN(c5cccnn5)C4)cc3)CC2)cc1C. The van der Waals surface area contributed by atoms with Gasteiger partial charge in [0, 0.05) is 43.6 Å². The van der Waals surface area contributed by atoms with Crippen LogP contribution < -0.4 is 10.2 Å². The third kappa shape index (κ3) is 5.25. The largest absolute Gasteiger partial charge is 0.354 e. The number of benzene rings is 2. The van der Waals surface area contributed by atoms with Gasteiger partial charge in [-0.3, -0.25) is 9.59 Å². The van der Waals surface area contributed by atoms with E-state index in [2.05, 4.69) is 39.5 Å². The first-order chi connectivity index (χ1) is 17.5. The summed E-state index contributed by atoms with van der Waals surface area (Å²) in [5.74, 6) is 1.35. The van der Waals surface area contributed by atoms with Gasteiger partial charge in [-0.25, -0.2) is 0 Å². The van der Waals surface area contributed by atoms with Gasteiger partial charge in [0.05, 0.1) is 5.92 Å². The van der Waals surface area contributed by atoms with E-state index in [9.17, 15) is 9.59 Å². The van der Waals surface area contributed by atoms with Crippen LogP contribution in [0.3, 0.4) is 0 Å². The fourth-order valence-corrected chi connectivity index (χ4v) is 5.20. The third-order valence-electron chi connectivity index (χ3n) is 7.63. The zero-order chi connectivity index (χ0) is 25.1. The quantitative estimate of drug-likeness (QED) is 0.575. The number of nitrogens with one attached hydrogen (secondary N) is 1. The second-order valence-electron chi connectivity index (χ2n) is 9.99. The number of hydrogen-bond donors (Lipinski definition) is 1. The van der Waals surface area contributed by atoms with Gasteiger partial charge >= 0.3 is 0 Å². The van der Waals surface area contributed by atoms with Crippen LogP contribution in [-0.4, -0.2) is 53.1 Å². The molecule has 0 bridgehead atoms. The minimum atomic E-state index is -0.0640. The number of carbonyl (C=O) groups excluding carboxylic acids is 2. The van der Waals surface area contributed by atoms with Crippen molar-refractivity contribution in [3.8, 4) is 0 Å². The molecule has 7 heteroatoms. The van der Waals surface area contributed by atoms with Crippen molar-refractivity contribution in [3.63, 3.8) is 0 Å². The van der Waals surface area contributed by atoms with Crippen molar-refractivity contribution in [2.45, 2.75) is 39.0 Å². The fourth-order valence-electron chi connectivity index (χ4n) is 5.20. The Morgan fingerprint density at radius 3 is 2.39 bits per heavy atom. The molecule has 3 aromatic rings. The Kier molecular flexibility index (Phi) is 6.98. The lowest BCUT2D eigenvalue weighted by Crippen LogP contribution is -2.38. The summed E-state index contributed by atoms with van der Waals surface area (Å²) in [6.07, 6.45) is 4.35. The van der Waals surface area contributed by atoms with Crippen molar-refractivity contribution in [2.24, 2.45) is 5.92 Å². The lowest BCUT2D eigenvalue weighted by molar-refractivity contribution is -0.119. The molecule has 0 saturated carbocycles. The van der Waals surface area contributed by atoms with E-state index < -0.39 is 0 Å². The van der Waals surface area contributed by atoms with Crippen molar-refractivity contribution >= 4 is 23.3 Å². The molecule has 2 saturated heterocycles. The molecular weight excluding hydrogens is 450 g/mol. The second-order valence-corrected chi connectivity index (χ2v) is 9.99. The molecule has 1 N–H and O–H groups in total. The van der Waals surface area contributed by atoms with Crippen molar-refractivity contribution in [1.29, 1.82) is 0 Å². The van der Waals surface area contributed by atoms with Gasteiger partial charge in [0.15, 0.2) is 5.82 Å². The van der Waals surface area contributed by atoms with Gasteiger partial charge in [-0.1, -0.05) is 18.2 Å². The Balaban J connectivity index is 1.12. The van der Waals surface area contributed by atoms with E-state index in [0.29, 0.717) is 12.5 Å². The number of carbonyl (C=O) groups is 2. The van der Waals surface area contributed by atoms with E-state index in [4.69, 9.17) is 0 Å². The van der Waals surface area contributed by atoms with Crippen molar-refractivity contribution in [2.75, 3.05) is 36.4 Å². The second kappa shape index (κ2) is 10.5. The Morgan fingerprint density at radius 2 is 1.69 bits per heavy atom. The zero-order valence-corrected chi connectivity index (χ0v) is 21.0. The van der Waals surface area contributed by atoms with Crippen LogP contribution in [0.25, 0.3) is 0 Å². The summed E-state index contributed by atoms with van der Waals surface area (Å²) in [5.41, 5.74) is 5.22. The molecule has 0 radical (unpaired) electrons. The maximum absolute atomic E-state index is 12.9. The first kappa shape index (κ1) is 24.0. The summed E-state index contributed by atoms with van der Waals surface area (Å²) in [4.78, 5) is 29.8. The molecule has 3 heterocycles. The van der Waals surface area contributed by atoms with E-state index in [-0.39, 0.29) is 17.7 Å². The molecular formula is C29H33N5O2. The molecule has 1 aromatic heterocycles. The van der Waals surface area contributed by atoms with Crippen LogP contribution in [-0.2, 0) is 4.79 Å². The average molecular weight is 484 g/mol. The van der Waals surface area contributed by atoms with Crippen LogP contribution in [0.4, 0.5) is 11.5 Å². The fraction of sp³-hybridized carbons (Fsp3) is 0.379. The standard InChI is InChI=1S/C29H33N5O2/c1-20-5-6-24(18-21(20)2)29(36)33-15-11-23(12-16-33)22-7-9-26(10-8-22)31-28(35)25-13-17-34(19-25)27-4-3-14-30-32-27/h3-10,14,18,23,25H,11-13,15-17,19H2,1-2H3,(H,31,35). The Labute approximate surface area is 212 Å². The van der Waals surface area contributed by atoms with E-state index >= 15 is 0 Å². The summed E-state index contributed by atoms with van der Waals surface area (Å²) in [5, 5.41) is 11.2. The number of anilines is 2. The third-order valence-corrected chi connectivity index (χ3v) is 7.63. The normalized spacial score (nSPS) is 18.3. The molecule has 186 valence electrons. The van der Waals surface area contributed by atoms with Crippen LogP contribution in [0.2, 0.25) is 0 Å². The van der Waals surface area contributed by atoms with Gasteiger partial charge in [0.1, 0.15) is 0 Å². The molecule has 7 nitrogen and oxygen atoms in total. The first-order valence-electron chi connectivity index (χ1n) is 12.8. The van der Waals surface area contributed by atoms with Crippen LogP contribution in [0.5, 0.6) is 0 Å². The van der Waals surface area contributed by atoms with Crippen LogP contribution >= 0.6 is 0 Å². The van der Waals surface area contributed by atoms with E-state index in [0.717, 1.165) is 61.5 Å². The van der Waals surface area contributed by atoms with Crippen molar-refractivity contribution in [1.82, 2.24) is 15.1 Å². The maximum Gasteiger partial charge on any atom is 0.253 e. The lowest BCUT2D eigenvalue weighted by atomic mass is 9.89. The van der Waals surface area contributed by atoms with Gasteiger partial charge in [-0.2, -0.15) is 5.10 Å². The van der Waals surface area contributed by atoms with Crippen LogP contribution in [0.1, 0.15) is 52.2 Å². The van der Waals surface area contributed by atoms with Gasteiger partial charge < -0.3 is 15.1 Å². The molecule has 0 aliphatic carbocycles. The number of hydrogen-bond acceptors (Lipinski definition) is 5. The minimum absolute atomic E-state index is 0.0484. The average Bonchev–Trinajstić information content (AvgIpc) is 3.42. The van der Waals surface area contributed by atoms with E-state index in [1.165, 1.54) is 11.1 Å². The van der Waals surface area contributed by atoms with Crippen molar-refractivity contribution < 1.29 is 9.59 Å². The predicted molar refractivity (Wildman–Crippen MR) is 141 cm³/mol. The summed E-state index contributed by atoms with van der Waals surface area (Å²) >= 11 is 0. The molecule has 0 spiro atoms. The van der Waals surface area contributed by atoms with Crippen LogP contribution in [0, 0.1) is 19.8 Å². The van der Waals surface area contributed by atoms with Gasteiger partial charge in [-0.15, -0.1) is 5.10 Å². The molecule has 2 fully saturated rings. The highest BCUT2D eigenvalue weighted by Gasteiger charge is 2.29. The first-order valence-corrected chi connectivity index (χ1v) is 12.8. The molecule has 1 unspecified atom stereocenters. The molecule has 1 atom stereocenters. The summed E-state index contributed by atoms with van der Waals surface area (Å²) in [6, 6.07) is 18.0. The predicted octanol–water partition coefficient (Wildman–Crippen LogP) is 4.58. The number of aryl methyl sites for hydroxylation is 2. The summed E-state index contributed by atoms with van der Waals surface area (Å²) in [7, 11) is 0. The van der Waals surface area contributed by atoms with E-state index in [1.807, 2.05) is 54.3 Å². The number of likely N-dealkylation sites (tertiary alicyclic amines) is 1. The zero-order valence-electron chi connectivity index (χ0n) is 21.0. The number of rotatable bonds is 5. The molecule has 2 aliphatic rings. The number of nitrogens with zero attached hydrogens (tertiary/aromatic N) is 4. The van der Waals surface area contributed by atoms with Gasteiger partial charge in [0.2, 0.25) is 5.91 Å². The van der Waals surface area contributed by atoms with E-state index in [1.54, 1.807) is 6.20 Å². The van der Waals surface area contributed by atoms with Crippen molar-refractivity contribution in [3.05, 3.63) is 83.0 Å². The van der Waals surface area contributed by atoms with Gasteiger partial charge in [-0.05, 0) is 92.1 Å². The monoisotopic (exact) mass is 483 g/mol.